The van der Waals surface area contributed by atoms with E-state index < -0.39 is 6.04 Å². The van der Waals surface area contributed by atoms with E-state index in [0.717, 1.165) is 31.5 Å². The SMILES string of the molecule is Cc1cnn(C2CCCN(C(=O)C(C)N)C2)c1. The first-order valence-electron chi connectivity index (χ1n) is 6.13. The number of amides is 1. The zero-order valence-corrected chi connectivity index (χ0v) is 10.5. The standard InChI is InChI=1S/C12H20N4O/c1-9-6-14-16(7-9)11-4-3-5-15(8-11)12(17)10(2)13/h6-7,10-11H,3-5,8,13H2,1-2H3. The molecule has 2 heterocycles. The molecule has 0 saturated carbocycles. The molecule has 0 aliphatic carbocycles. The first-order chi connectivity index (χ1) is 8.08. The molecule has 2 unspecified atom stereocenters. The van der Waals surface area contributed by atoms with E-state index in [0.29, 0.717) is 6.04 Å². The Kier molecular flexibility index (Phi) is 3.47. The number of rotatable bonds is 2. The van der Waals surface area contributed by atoms with E-state index in [4.69, 9.17) is 5.73 Å². The van der Waals surface area contributed by atoms with Crippen LogP contribution in [0.1, 0.15) is 31.4 Å². The van der Waals surface area contributed by atoms with E-state index in [1.165, 1.54) is 0 Å². The highest BCUT2D eigenvalue weighted by atomic mass is 16.2. The van der Waals surface area contributed by atoms with E-state index in [1.54, 1.807) is 6.92 Å². The molecule has 0 aromatic carbocycles. The molecule has 2 N–H and O–H groups in total. The van der Waals surface area contributed by atoms with Crippen LogP contribution in [-0.2, 0) is 4.79 Å². The second-order valence-electron chi connectivity index (χ2n) is 4.87. The minimum atomic E-state index is -0.409. The summed E-state index contributed by atoms with van der Waals surface area (Å²) in [5.74, 6) is 0.0404. The number of nitrogens with zero attached hydrogens (tertiary/aromatic N) is 3. The Morgan fingerprint density at radius 1 is 1.65 bits per heavy atom. The average molecular weight is 236 g/mol. The molecular weight excluding hydrogens is 216 g/mol. The third kappa shape index (κ3) is 2.66. The summed E-state index contributed by atoms with van der Waals surface area (Å²) in [5.41, 5.74) is 6.79. The molecule has 1 aliphatic heterocycles. The molecule has 0 radical (unpaired) electrons. The zero-order valence-electron chi connectivity index (χ0n) is 10.5. The average Bonchev–Trinajstić information content (AvgIpc) is 2.75. The zero-order chi connectivity index (χ0) is 12.4. The molecule has 5 heteroatoms. The molecule has 94 valence electrons. The third-order valence-corrected chi connectivity index (χ3v) is 3.20. The van der Waals surface area contributed by atoms with Crippen LogP contribution in [0, 0.1) is 6.92 Å². The third-order valence-electron chi connectivity index (χ3n) is 3.20. The first kappa shape index (κ1) is 12.1. The predicted octanol–water partition coefficient (Wildman–Crippen LogP) is 0.702. The highest BCUT2D eigenvalue weighted by Gasteiger charge is 2.26. The Morgan fingerprint density at radius 3 is 3.00 bits per heavy atom. The van der Waals surface area contributed by atoms with Gasteiger partial charge in [-0.1, -0.05) is 0 Å². The lowest BCUT2D eigenvalue weighted by Gasteiger charge is -2.33. The van der Waals surface area contributed by atoms with Crippen LogP contribution in [0.4, 0.5) is 0 Å². The molecule has 1 aliphatic rings. The summed E-state index contributed by atoms with van der Waals surface area (Å²) in [5, 5.41) is 4.33. The topological polar surface area (TPSA) is 64.2 Å². The van der Waals surface area contributed by atoms with Gasteiger partial charge in [-0.25, -0.2) is 0 Å². The highest BCUT2D eigenvalue weighted by Crippen LogP contribution is 2.21. The maximum Gasteiger partial charge on any atom is 0.239 e. The van der Waals surface area contributed by atoms with Crippen molar-refractivity contribution in [1.82, 2.24) is 14.7 Å². The molecule has 1 aromatic rings. The molecular formula is C12H20N4O. The predicted molar refractivity (Wildman–Crippen MR) is 65.5 cm³/mol. The van der Waals surface area contributed by atoms with Gasteiger partial charge in [-0.05, 0) is 32.3 Å². The van der Waals surface area contributed by atoms with Crippen molar-refractivity contribution in [2.45, 2.75) is 38.8 Å². The van der Waals surface area contributed by atoms with Crippen molar-refractivity contribution in [2.75, 3.05) is 13.1 Å². The van der Waals surface area contributed by atoms with Crippen molar-refractivity contribution in [2.24, 2.45) is 5.73 Å². The minimum Gasteiger partial charge on any atom is -0.339 e. The van der Waals surface area contributed by atoms with Crippen molar-refractivity contribution < 1.29 is 4.79 Å². The maximum atomic E-state index is 11.9. The summed E-state index contributed by atoms with van der Waals surface area (Å²) in [6.07, 6.45) is 5.97. The lowest BCUT2D eigenvalue weighted by Crippen LogP contribution is -2.47. The fourth-order valence-corrected chi connectivity index (χ4v) is 2.29. The molecule has 1 amide bonds. The molecule has 5 nitrogen and oxygen atoms in total. The fourth-order valence-electron chi connectivity index (χ4n) is 2.29. The van der Waals surface area contributed by atoms with Crippen LogP contribution >= 0.6 is 0 Å². The van der Waals surface area contributed by atoms with Gasteiger partial charge in [0.15, 0.2) is 0 Å². The van der Waals surface area contributed by atoms with Gasteiger partial charge in [-0.15, -0.1) is 0 Å². The van der Waals surface area contributed by atoms with Gasteiger partial charge in [-0.2, -0.15) is 5.10 Å². The van der Waals surface area contributed by atoms with Gasteiger partial charge in [0, 0.05) is 19.3 Å². The van der Waals surface area contributed by atoms with Crippen molar-refractivity contribution in [1.29, 1.82) is 0 Å². The van der Waals surface area contributed by atoms with Crippen LogP contribution in [0.3, 0.4) is 0 Å². The lowest BCUT2D eigenvalue weighted by molar-refractivity contribution is -0.133. The summed E-state index contributed by atoms with van der Waals surface area (Å²) in [4.78, 5) is 13.7. The van der Waals surface area contributed by atoms with Gasteiger partial charge in [0.05, 0.1) is 18.3 Å². The number of hydrogen-bond donors (Lipinski definition) is 1. The quantitative estimate of drug-likeness (QED) is 0.822. The van der Waals surface area contributed by atoms with Crippen LogP contribution in [-0.4, -0.2) is 39.7 Å². The number of piperidine rings is 1. The molecule has 17 heavy (non-hydrogen) atoms. The fraction of sp³-hybridized carbons (Fsp3) is 0.667. The van der Waals surface area contributed by atoms with E-state index in [-0.39, 0.29) is 5.91 Å². The number of carbonyl (C=O) groups is 1. The van der Waals surface area contributed by atoms with E-state index >= 15 is 0 Å². The number of nitrogens with two attached hydrogens (primary N) is 1. The number of aryl methyl sites for hydroxylation is 1. The van der Waals surface area contributed by atoms with Gasteiger partial charge in [0.1, 0.15) is 0 Å². The Morgan fingerprint density at radius 2 is 2.41 bits per heavy atom. The monoisotopic (exact) mass is 236 g/mol. The van der Waals surface area contributed by atoms with Crippen molar-refractivity contribution in [3.05, 3.63) is 18.0 Å². The van der Waals surface area contributed by atoms with Crippen LogP contribution < -0.4 is 5.73 Å². The number of likely N-dealkylation sites (tertiary alicyclic amines) is 1. The van der Waals surface area contributed by atoms with Crippen molar-refractivity contribution in [3.8, 4) is 0 Å². The normalized spacial score (nSPS) is 22.5. The molecule has 0 spiro atoms. The van der Waals surface area contributed by atoms with E-state index in [1.807, 2.05) is 28.9 Å². The van der Waals surface area contributed by atoms with Crippen LogP contribution in [0.25, 0.3) is 0 Å². The molecule has 2 rings (SSSR count). The minimum absolute atomic E-state index is 0.0404. The van der Waals surface area contributed by atoms with Gasteiger partial charge >= 0.3 is 0 Å². The van der Waals surface area contributed by atoms with E-state index in [2.05, 4.69) is 5.10 Å². The van der Waals surface area contributed by atoms with Gasteiger partial charge < -0.3 is 10.6 Å². The van der Waals surface area contributed by atoms with Crippen molar-refractivity contribution in [3.63, 3.8) is 0 Å². The molecule has 1 saturated heterocycles. The molecule has 1 fully saturated rings. The Balaban J connectivity index is 2.04. The molecule has 2 atom stereocenters. The Hall–Kier alpha value is -1.36. The lowest BCUT2D eigenvalue weighted by atomic mass is 10.1. The molecule has 0 bridgehead atoms. The van der Waals surface area contributed by atoms with Gasteiger partial charge in [0.25, 0.3) is 0 Å². The second-order valence-corrected chi connectivity index (χ2v) is 4.87. The smallest absolute Gasteiger partial charge is 0.239 e. The second kappa shape index (κ2) is 4.87. The summed E-state index contributed by atoms with van der Waals surface area (Å²) in [6, 6.07) is -0.117. The summed E-state index contributed by atoms with van der Waals surface area (Å²) in [6.45, 7) is 5.31. The van der Waals surface area contributed by atoms with Gasteiger partial charge in [0.2, 0.25) is 5.91 Å². The Labute approximate surface area is 102 Å². The van der Waals surface area contributed by atoms with Crippen molar-refractivity contribution >= 4 is 5.91 Å². The van der Waals surface area contributed by atoms with Crippen LogP contribution in [0.5, 0.6) is 0 Å². The van der Waals surface area contributed by atoms with E-state index in [9.17, 15) is 4.79 Å². The largest absolute Gasteiger partial charge is 0.339 e. The number of carbonyl (C=O) groups excluding carboxylic acids is 1. The Bertz CT molecular complexity index is 399. The number of hydrogen-bond acceptors (Lipinski definition) is 3. The summed E-state index contributed by atoms with van der Waals surface area (Å²) in [7, 11) is 0. The molecule has 1 aromatic heterocycles. The maximum absolute atomic E-state index is 11.9. The first-order valence-corrected chi connectivity index (χ1v) is 6.13. The van der Waals surface area contributed by atoms with Gasteiger partial charge in [-0.3, -0.25) is 9.48 Å². The summed E-state index contributed by atoms with van der Waals surface area (Å²) >= 11 is 0. The van der Waals surface area contributed by atoms with Crippen LogP contribution in [0.2, 0.25) is 0 Å². The van der Waals surface area contributed by atoms with Crippen LogP contribution in [0.15, 0.2) is 12.4 Å². The number of aromatic nitrogens is 2. The highest BCUT2D eigenvalue weighted by molar-refractivity contribution is 5.81. The summed E-state index contributed by atoms with van der Waals surface area (Å²) < 4.78 is 1.97.